The number of nitrogens with one attached hydrogen (secondary N) is 1. The first-order chi connectivity index (χ1) is 13.1. The number of H-pyrrole nitrogens is 1. The number of amides is 2. The molecule has 1 aromatic carbocycles. The van der Waals surface area contributed by atoms with Gasteiger partial charge in [0.2, 0.25) is 5.91 Å². The van der Waals surface area contributed by atoms with Crippen LogP contribution in [0.3, 0.4) is 0 Å². The van der Waals surface area contributed by atoms with Crippen LogP contribution in [0.2, 0.25) is 0 Å². The second-order valence-electron chi connectivity index (χ2n) is 6.43. The first-order valence-electron chi connectivity index (χ1n) is 8.69. The molecule has 0 atom stereocenters. The number of nitrogens with zero attached hydrogens (tertiary/aromatic N) is 3. The number of oxazole rings is 1. The Kier molecular flexibility index (Phi) is 4.45. The summed E-state index contributed by atoms with van der Waals surface area (Å²) in [5.74, 6) is -0.557. The average Bonchev–Trinajstić information content (AvgIpc) is 3.07. The van der Waals surface area contributed by atoms with E-state index in [0.29, 0.717) is 42.8 Å². The highest BCUT2D eigenvalue weighted by Crippen LogP contribution is 2.14. The maximum Gasteiger partial charge on any atom is 0.417 e. The lowest BCUT2D eigenvalue weighted by Gasteiger charge is -2.35. The number of benzene rings is 1. The molecule has 1 fully saturated rings. The van der Waals surface area contributed by atoms with E-state index in [2.05, 4.69) is 9.97 Å². The molecule has 0 radical (unpaired) electrons. The van der Waals surface area contributed by atoms with Crippen molar-refractivity contribution in [3.05, 3.63) is 64.4 Å². The molecule has 1 saturated heterocycles. The van der Waals surface area contributed by atoms with Gasteiger partial charge in [0.1, 0.15) is 0 Å². The van der Waals surface area contributed by atoms with Gasteiger partial charge in [-0.05, 0) is 29.8 Å². The molecular weight excluding hydrogens is 348 g/mol. The van der Waals surface area contributed by atoms with Crippen molar-refractivity contribution < 1.29 is 14.0 Å². The normalized spacial score (nSPS) is 14.5. The molecule has 8 nitrogen and oxygen atoms in total. The number of rotatable bonds is 3. The molecule has 3 aromatic rings. The maximum atomic E-state index is 12.6. The highest BCUT2D eigenvalue weighted by Gasteiger charge is 2.24. The fourth-order valence-electron chi connectivity index (χ4n) is 3.23. The molecule has 8 heteroatoms. The molecule has 138 valence electrons. The van der Waals surface area contributed by atoms with Gasteiger partial charge in [0.15, 0.2) is 5.58 Å². The molecule has 0 unspecified atom stereocenters. The van der Waals surface area contributed by atoms with Crippen molar-refractivity contribution in [2.24, 2.45) is 0 Å². The Hall–Kier alpha value is -3.42. The summed E-state index contributed by atoms with van der Waals surface area (Å²) < 4.78 is 4.97. The second-order valence-corrected chi connectivity index (χ2v) is 6.43. The summed E-state index contributed by atoms with van der Waals surface area (Å²) in [5.41, 5.74) is 2.46. The summed E-state index contributed by atoms with van der Waals surface area (Å²) in [4.78, 5) is 46.3. The molecule has 0 saturated carbocycles. The zero-order valence-electron chi connectivity index (χ0n) is 14.6. The van der Waals surface area contributed by atoms with Gasteiger partial charge in [-0.25, -0.2) is 4.79 Å². The molecule has 1 N–H and O–H groups in total. The first kappa shape index (κ1) is 17.0. The lowest BCUT2D eigenvalue weighted by molar-refractivity contribution is -0.131. The average molecular weight is 366 g/mol. The van der Waals surface area contributed by atoms with Crippen LogP contribution in [0, 0.1) is 0 Å². The van der Waals surface area contributed by atoms with Crippen molar-refractivity contribution in [1.82, 2.24) is 19.8 Å². The SMILES string of the molecule is O=C(Cc1ccc2oc(=O)[nH]c2c1)N1CCN(C(=O)c2ccncc2)CC1. The van der Waals surface area contributed by atoms with Crippen molar-refractivity contribution in [1.29, 1.82) is 0 Å². The Morgan fingerprint density at radius 1 is 1.04 bits per heavy atom. The number of carbonyl (C=O) groups is 2. The largest absolute Gasteiger partial charge is 0.417 e. The van der Waals surface area contributed by atoms with Crippen molar-refractivity contribution in [2.75, 3.05) is 26.2 Å². The van der Waals surface area contributed by atoms with E-state index in [-0.39, 0.29) is 18.2 Å². The van der Waals surface area contributed by atoms with E-state index in [1.165, 1.54) is 0 Å². The topological polar surface area (TPSA) is 99.5 Å². The van der Waals surface area contributed by atoms with Gasteiger partial charge in [0.25, 0.3) is 5.91 Å². The van der Waals surface area contributed by atoms with Crippen LogP contribution in [0.25, 0.3) is 11.1 Å². The lowest BCUT2D eigenvalue weighted by atomic mass is 10.1. The van der Waals surface area contributed by atoms with Crippen LogP contribution in [0.15, 0.2) is 51.9 Å². The molecule has 2 amide bonds. The Morgan fingerprint density at radius 3 is 2.48 bits per heavy atom. The van der Waals surface area contributed by atoms with E-state index in [1.54, 1.807) is 52.5 Å². The molecule has 4 rings (SSSR count). The third-order valence-electron chi connectivity index (χ3n) is 4.69. The van der Waals surface area contributed by atoms with Crippen LogP contribution in [0.1, 0.15) is 15.9 Å². The quantitative estimate of drug-likeness (QED) is 0.747. The summed E-state index contributed by atoms with van der Waals surface area (Å²) in [6, 6.07) is 8.59. The predicted octanol–water partition coefficient (Wildman–Crippen LogP) is 1.04. The van der Waals surface area contributed by atoms with Crippen molar-refractivity contribution in [2.45, 2.75) is 6.42 Å². The minimum Gasteiger partial charge on any atom is -0.408 e. The van der Waals surface area contributed by atoms with E-state index in [1.807, 2.05) is 0 Å². The van der Waals surface area contributed by atoms with Gasteiger partial charge in [-0.3, -0.25) is 19.6 Å². The van der Waals surface area contributed by atoms with Crippen LogP contribution in [0.4, 0.5) is 0 Å². The van der Waals surface area contributed by atoms with E-state index >= 15 is 0 Å². The zero-order chi connectivity index (χ0) is 18.8. The van der Waals surface area contributed by atoms with Gasteiger partial charge in [0.05, 0.1) is 11.9 Å². The molecule has 0 aliphatic carbocycles. The van der Waals surface area contributed by atoms with Gasteiger partial charge < -0.3 is 14.2 Å². The summed E-state index contributed by atoms with van der Waals surface area (Å²) in [6.07, 6.45) is 3.43. The van der Waals surface area contributed by atoms with Gasteiger partial charge in [-0.2, -0.15) is 0 Å². The van der Waals surface area contributed by atoms with Crippen LogP contribution in [-0.2, 0) is 11.2 Å². The van der Waals surface area contributed by atoms with Crippen molar-refractivity contribution in [3.63, 3.8) is 0 Å². The Labute approximate surface area is 154 Å². The Bertz CT molecular complexity index is 1030. The van der Waals surface area contributed by atoms with Gasteiger partial charge >= 0.3 is 5.76 Å². The number of carbonyl (C=O) groups excluding carboxylic acids is 2. The predicted molar refractivity (Wildman–Crippen MR) is 97.3 cm³/mol. The number of aromatic nitrogens is 2. The summed E-state index contributed by atoms with van der Waals surface area (Å²) in [7, 11) is 0. The molecule has 0 bridgehead atoms. The zero-order valence-corrected chi connectivity index (χ0v) is 14.6. The highest BCUT2D eigenvalue weighted by atomic mass is 16.4. The standard InChI is InChI=1S/C19H18N4O4/c24-17(12-13-1-2-16-15(11-13)21-19(26)27-16)22-7-9-23(10-8-22)18(25)14-3-5-20-6-4-14/h1-6,11H,7-10,12H2,(H,21,26). The van der Waals surface area contributed by atoms with Crippen molar-refractivity contribution >= 4 is 22.9 Å². The lowest BCUT2D eigenvalue weighted by Crippen LogP contribution is -2.51. The van der Waals surface area contributed by atoms with E-state index in [9.17, 15) is 14.4 Å². The van der Waals surface area contributed by atoms with E-state index < -0.39 is 5.76 Å². The molecule has 3 heterocycles. The van der Waals surface area contributed by atoms with Crippen molar-refractivity contribution in [3.8, 4) is 0 Å². The maximum absolute atomic E-state index is 12.6. The second kappa shape index (κ2) is 7.06. The fraction of sp³-hybridized carbons (Fsp3) is 0.263. The minimum absolute atomic E-state index is 0.00352. The Morgan fingerprint density at radius 2 is 1.74 bits per heavy atom. The summed E-state index contributed by atoms with van der Waals surface area (Å²) in [5, 5.41) is 0. The number of pyridine rings is 1. The minimum atomic E-state index is -0.511. The molecular formula is C19H18N4O4. The summed E-state index contributed by atoms with van der Waals surface area (Å²) >= 11 is 0. The molecule has 27 heavy (non-hydrogen) atoms. The van der Waals surface area contributed by atoms with Crippen LogP contribution in [-0.4, -0.2) is 57.8 Å². The van der Waals surface area contributed by atoms with Gasteiger partial charge in [0, 0.05) is 44.1 Å². The molecule has 1 aliphatic rings. The number of hydrogen-bond acceptors (Lipinski definition) is 5. The molecule has 2 aromatic heterocycles. The first-order valence-corrected chi connectivity index (χ1v) is 8.69. The van der Waals surface area contributed by atoms with Gasteiger partial charge in [-0.15, -0.1) is 0 Å². The summed E-state index contributed by atoms with van der Waals surface area (Å²) in [6.45, 7) is 2.00. The number of fused-ring (bicyclic) bond motifs is 1. The molecule has 1 aliphatic heterocycles. The van der Waals surface area contributed by atoms with Crippen LogP contribution >= 0.6 is 0 Å². The smallest absolute Gasteiger partial charge is 0.408 e. The van der Waals surface area contributed by atoms with E-state index in [4.69, 9.17) is 4.42 Å². The molecule has 0 spiro atoms. The fourth-order valence-corrected chi connectivity index (χ4v) is 3.23. The Balaban J connectivity index is 1.36. The number of piperazine rings is 1. The monoisotopic (exact) mass is 366 g/mol. The van der Waals surface area contributed by atoms with E-state index in [0.717, 1.165) is 5.56 Å². The highest BCUT2D eigenvalue weighted by molar-refractivity contribution is 5.94. The van der Waals surface area contributed by atoms with Gasteiger partial charge in [-0.1, -0.05) is 6.07 Å². The third-order valence-corrected chi connectivity index (χ3v) is 4.69. The third kappa shape index (κ3) is 3.59. The van der Waals surface area contributed by atoms with Crippen LogP contribution < -0.4 is 5.76 Å². The van der Waals surface area contributed by atoms with Crippen LogP contribution in [0.5, 0.6) is 0 Å². The number of hydrogen-bond donors (Lipinski definition) is 1. The number of aromatic amines is 1.